The topological polar surface area (TPSA) is 58.5 Å². The van der Waals surface area contributed by atoms with Crippen LogP contribution in [0, 0.1) is 13.8 Å². The van der Waals surface area contributed by atoms with Crippen molar-refractivity contribution < 1.29 is 4.74 Å². The molecule has 0 saturated heterocycles. The van der Waals surface area contributed by atoms with E-state index in [-0.39, 0.29) is 24.0 Å². The SMILES string of the molecule is CCCCOc1ccc(CCNC(=NC)NCc2sc(C)nc2C)cc1.I. The van der Waals surface area contributed by atoms with Crippen molar-refractivity contribution in [3.63, 3.8) is 0 Å². The fraction of sp³-hybridized carbons (Fsp3) is 0.500. The third-order valence-corrected chi connectivity index (χ3v) is 5.11. The van der Waals surface area contributed by atoms with E-state index in [2.05, 4.69) is 39.7 Å². The Labute approximate surface area is 184 Å². The smallest absolute Gasteiger partial charge is 0.191 e. The molecule has 0 spiro atoms. The predicted octanol–water partition coefficient (Wildman–Crippen LogP) is 4.46. The highest BCUT2D eigenvalue weighted by molar-refractivity contribution is 14.0. The molecule has 0 atom stereocenters. The third kappa shape index (κ3) is 8.47. The van der Waals surface area contributed by atoms with Gasteiger partial charge in [0.15, 0.2) is 5.96 Å². The average molecular weight is 502 g/mol. The monoisotopic (exact) mass is 502 g/mol. The van der Waals surface area contributed by atoms with Crippen molar-refractivity contribution in [3.8, 4) is 5.75 Å². The van der Waals surface area contributed by atoms with Crippen molar-refractivity contribution >= 4 is 41.3 Å². The summed E-state index contributed by atoms with van der Waals surface area (Å²) in [7, 11) is 1.79. The lowest BCUT2D eigenvalue weighted by atomic mass is 10.1. The molecule has 0 aliphatic carbocycles. The Morgan fingerprint density at radius 1 is 1.19 bits per heavy atom. The molecule has 1 heterocycles. The molecule has 0 aliphatic rings. The third-order valence-electron chi connectivity index (χ3n) is 4.04. The van der Waals surface area contributed by atoms with Gasteiger partial charge < -0.3 is 15.4 Å². The van der Waals surface area contributed by atoms with E-state index in [4.69, 9.17) is 4.74 Å². The van der Waals surface area contributed by atoms with Crippen LogP contribution < -0.4 is 15.4 Å². The van der Waals surface area contributed by atoms with Gasteiger partial charge in [-0.2, -0.15) is 0 Å². The molecule has 0 fully saturated rings. The molecule has 27 heavy (non-hydrogen) atoms. The van der Waals surface area contributed by atoms with Gasteiger partial charge in [-0.1, -0.05) is 25.5 Å². The lowest BCUT2D eigenvalue weighted by molar-refractivity contribution is 0.309. The molecule has 0 radical (unpaired) electrons. The van der Waals surface area contributed by atoms with Crippen LogP contribution in [0.5, 0.6) is 5.75 Å². The van der Waals surface area contributed by atoms with Crippen molar-refractivity contribution in [1.29, 1.82) is 0 Å². The Kier molecular flexibility index (Phi) is 11.3. The van der Waals surface area contributed by atoms with Gasteiger partial charge in [0.2, 0.25) is 0 Å². The van der Waals surface area contributed by atoms with Crippen molar-refractivity contribution in [2.24, 2.45) is 4.99 Å². The summed E-state index contributed by atoms with van der Waals surface area (Å²) in [4.78, 5) is 9.99. The molecule has 0 aliphatic heterocycles. The minimum atomic E-state index is 0. The summed E-state index contributed by atoms with van der Waals surface area (Å²) in [6.45, 7) is 8.62. The largest absolute Gasteiger partial charge is 0.494 e. The molecular weight excluding hydrogens is 471 g/mol. The molecule has 2 N–H and O–H groups in total. The van der Waals surface area contributed by atoms with Crippen LogP contribution in [0.25, 0.3) is 0 Å². The Morgan fingerprint density at radius 2 is 1.93 bits per heavy atom. The highest BCUT2D eigenvalue weighted by Gasteiger charge is 2.05. The maximum atomic E-state index is 5.70. The summed E-state index contributed by atoms with van der Waals surface area (Å²) in [5.74, 6) is 1.76. The lowest BCUT2D eigenvalue weighted by Crippen LogP contribution is -2.37. The zero-order valence-corrected chi connectivity index (χ0v) is 19.8. The van der Waals surface area contributed by atoms with Crippen LogP contribution in [-0.4, -0.2) is 31.1 Å². The summed E-state index contributed by atoms with van der Waals surface area (Å²) in [6, 6.07) is 8.35. The van der Waals surface area contributed by atoms with Gasteiger partial charge in [-0.15, -0.1) is 35.3 Å². The van der Waals surface area contributed by atoms with Gasteiger partial charge in [0.25, 0.3) is 0 Å². The number of ether oxygens (including phenoxy) is 1. The molecular formula is C20H31IN4OS. The van der Waals surface area contributed by atoms with E-state index in [1.54, 1.807) is 18.4 Å². The first-order chi connectivity index (χ1) is 12.6. The first-order valence-corrected chi connectivity index (χ1v) is 10.0. The molecule has 1 aromatic carbocycles. The summed E-state index contributed by atoms with van der Waals surface area (Å²) < 4.78 is 5.70. The van der Waals surface area contributed by atoms with Crippen LogP contribution in [-0.2, 0) is 13.0 Å². The molecule has 0 unspecified atom stereocenters. The molecule has 2 rings (SSSR count). The molecule has 5 nitrogen and oxygen atoms in total. The molecule has 1 aromatic heterocycles. The van der Waals surface area contributed by atoms with E-state index in [1.807, 2.05) is 26.0 Å². The van der Waals surface area contributed by atoms with Crippen molar-refractivity contribution in [1.82, 2.24) is 15.6 Å². The predicted molar refractivity (Wildman–Crippen MR) is 126 cm³/mol. The van der Waals surface area contributed by atoms with E-state index < -0.39 is 0 Å². The van der Waals surface area contributed by atoms with Crippen molar-refractivity contribution in [2.75, 3.05) is 20.2 Å². The molecule has 150 valence electrons. The van der Waals surface area contributed by atoms with Gasteiger partial charge in [0.05, 0.1) is 23.9 Å². The molecule has 7 heteroatoms. The number of hydrogen-bond acceptors (Lipinski definition) is 4. The van der Waals surface area contributed by atoms with Crippen LogP contribution in [0.2, 0.25) is 0 Å². The van der Waals surface area contributed by atoms with Crippen LogP contribution in [0.4, 0.5) is 0 Å². The van der Waals surface area contributed by atoms with Gasteiger partial charge in [-0.3, -0.25) is 4.99 Å². The highest BCUT2D eigenvalue weighted by atomic mass is 127. The standard InChI is InChI=1S/C20H30N4OS.HI/c1-5-6-13-25-18-9-7-17(8-10-18)11-12-22-20(21-4)23-14-19-15(2)24-16(3)26-19;/h7-10H,5-6,11-14H2,1-4H3,(H2,21,22,23);1H. The first kappa shape index (κ1) is 23.7. The summed E-state index contributed by atoms with van der Waals surface area (Å²) in [6.07, 6.45) is 3.19. The number of benzene rings is 1. The second kappa shape index (κ2) is 12.9. The molecule has 0 saturated carbocycles. The summed E-state index contributed by atoms with van der Waals surface area (Å²) in [5.41, 5.74) is 2.38. The number of thiazole rings is 1. The number of guanidine groups is 1. The van der Waals surface area contributed by atoms with Gasteiger partial charge >= 0.3 is 0 Å². The summed E-state index contributed by atoms with van der Waals surface area (Å²) >= 11 is 1.73. The summed E-state index contributed by atoms with van der Waals surface area (Å²) in [5, 5.41) is 7.82. The zero-order valence-electron chi connectivity index (χ0n) is 16.7. The van der Waals surface area contributed by atoms with Crippen LogP contribution in [0.15, 0.2) is 29.3 Å². The first-order valence-electron chi connectivity index (χ1n) is 9.21. The van der Waals surface area contributed by atoms with Crippen LogP contribution in [0.1, 0.15) is 40.9 Å². The van der Waals surface area contributed by atoms with E-state index in [9.17, 15) is 0 Å². The van der Waals surface area contributed by atoms with Crippen LogP contribution >= 0.6 is 35.3 Å². The number of unbranched alkanes of at least 4 members (excludes halogenated alkanes) is 1. The van der Waals surface area contributed by atoms with Gasteiger partial charge in [0.1, 0.15) is 5.75 Å². The maximum Gasteiger partial charge on any atom is 0.191 e. The highest BCUT2D eigenvalue weighted by Crippen LogP contribution is 2.16. The Bertz CT molecular complexity index is 701. The van der Waals surface area contributed by atoms with Crippen molar-refractivity contribution in [3.05, 3.63) is 45.4 Å². The molecule has 2 aromatic rings. The molecule has 0 bridgehead atoms. The normalized spacial score (nSPS) is 11.0. The second-order valence-corrected chi connectivity index (χ2v) is 7.48. The average Bonchev–Trinajstić information content (AvgIpc) is 2.96. The fourth-order valence-electron chi connectivity index (χ4n) is 2.53. The van der Waals surface area contributed by atoms with E-state index >= 15 is 0 Å². The quantitative estimate of drug-likeness (QED) is 0.230. The van der Waals surface area contributed by atoms with E-state index in [0.717, 1.165) is 61.4 Å². The fourth-order valence-corrected chi connectivity index (χ4v) is 3.41. The zero-order chi connectivity index (χ0) is 18.8. The lowest BCUT2D eigenvalue weighted by Gasteiger charge is -2.12. The van der Waals surface area contributed by atoms with Gasteiger partial charge in [-0.25, -0.2) is 4.98 Å². The number of halogens is 1. The van der Waals surface area contributed by atoms with Crippen LogP contribution in [0.3, 0.4) is 0 Å². The Balaban J connectivity index is 0.00000364. The van der Waals surface area contributed by atoms with Crippen molar-refractivity contribution in [2.45, 2.75) is 46.6 Å². The number of nitrogens with zero attached hydrogens (tertiary/aromatic N) is 2. The maximum absolute atomic E-state index is 5.70. The Morgan fingerprint density at radius 3 is 2.52 bits per heavy atom. The number of aromatic nitrogens is 1. The Hall–Kier alpha value is -1.35. The van der Waals surface area contributed by atoms with Gasteiger partial charge in [0, 0.05) is 18.5 Å². The number of rotatable bonds is 9. The van der Waals surface area contributed by atoms with Gasteiger partial charge in [-0.05, 0) is 44.4 Å². The number of nitrogens with one attached hydrogen (secondary N) is 2. The minimum absolute atomic E-state index is 0. The second-order valence-electron chi connectivity index (χ2n) is 6.19. The minimum Gasteiger partial charge on any atom is -0.494 e. The number of hydrogen-bond donors (Lipinski definition) is 2. The number of aryl methyl sites for hydroxylation is 2. The molecule has 0 amide bonds. The number of aliphatic imine (C=N–C) groups is 1. The van der Waals surface area contributed by atoms with E-state index in [0.29, 0.717) is 0 Å². The van der Waals surface area contributed by atoms with E-state index in [1.165, 1.54) is 10.4 Å².